The van der Waals surface area contributed by atoms with Gasteiger partial charge in [-0.05, 0) is 37.5 Å². The molecule has 1 aromatic heterocycles. The zero-order valence-corrected chi connectivity index (χ0v) is 18.4. The smallest absolute Gasteiger partial charge is 0.191 e. The molecule has 0 radical (unpaired) electrons. The number of nitrogens with one attached hydrogen (secondary N) is 2. The van der Waals surface area contributed by atoms with E-state index in [1.54, 1.807) is 0 Å². The quantitative estimate of drug-likeness (QED) is 0.223. The number of rotatable bonds is 11. The topological polar surface area (TPSA) is 58.5 Å². The monoisotopic (exact) mass is 482 g/mol. The first kappa shape index (κ1) is 23.4. The molecule has 148 valence electrons. The second kappa shape index (κ2) is 15.4. The first-order valence-corrected chi connectivity index (χ1v) is 9.42. The van der Waals surface area contributed by atoms with Crippen LogP contribution in [0.15, 0.2) is 59.7 Å². The summed E-state index contributed by atoms with van der Waals surface area (Å²) in [5.74, 6) is 0.854. The summed E-state index contributed by atoms with van der Waals surface area (Å²) in [5, 5.41) is 6.62. The van der Waals surface area contributed by atoms with Crippen molar-refractivity contribution in [3.05, 3.63) is 66.0 Å². The lowest BCUT2D eigenvalue weighted by atomic mass is 10.2. The maximum absolute atomic E-state index is 5.70. The summed E-state index contributed by atoms with van der Waals surface area (Å²) >= 11 is 0. The van der Waals surface area contributed by atoms with Crippen LogP contribution in [0.3, 0.4) is 0 Å². The Labute approximate surface area is 180 Å². The fraction of sp³-hybridized carbons (Fsp3) is 0.429. The number of halogens is 1. The number of ether oxygens (including phenoxy) is 1. The van der Waals surface area contributed by atoms with Crippen molar-refractivity contribution in [2.24, 2.45) is 4.99 Å². The van der Waals surface area contributed by atoms with Crippen molar-refractivity contribution in [1.29, 1.82) is 0 Å². The average Bonchev–Trinajstić information content (AvgIpc) is 2.69. The minimum atomic E-state index is 0. The lowest BCUT2D eigenvalue weighted by molar-refractivity contribution is 0.136. The SMILES string of the molecule is CCNC(=NCCCOCCc1ccccc1)NCCc1ccccn1.I. The molecular weight excluding hydrogens is 451 g/mol. The number of guanidine groups is 1. The second-order valence-corrected chi connectivity index (χ2v) is 5.96. The van der Waals surface area contributed by atoms with Crippen molar-refractivity contribution >= 4 is 29.9 Å². The van der Waals surface area contributed by atoms with Crippen LogP contribution in [0.25, 0.3) is 0 Å². The van der Waals surface area contributed by atoms with Crippen LogP contribution in [0.1, 0.15) is 24.6 Å². The molecule has 0 fully saturated rings. The van der Waals surface area contributed by atoms with Crippen molar-refractivity contribution in [1.82, 2.24) is 15.6 Å². The van der Waals surface area contributed by atoms with E-state index in [-0.39, 0.29) is 24.0 Å². The highest BCUT2D eigenvalue weighted by Crippen LogP contribution is 1.99. The van der Waals surface area contributed by atoms with Gasteiger partial charge in [0.2, 0.25) is 0 Å². The van der Waals surface area contributed by atoms with Crippen molar-refractivity contribution < 1.29 is 4.74 Å². The van der Waals surface area contributed by atoms with Gasteiger partial charge in [0, 0.05) is 44.6 Å². The first-order valence-electron chi connectivity index (χ1n) is 9.42. The summed E-state index contributed by atoms with van der Waals surface area (Å²) in [4.78, 5) is 8.93. The predicted molar refractivity (Wildman–Crippen MR) is 123 cm³/mol. The van der Waals surface area contributed by atoms with Gasteiger partial charge in [-0.15, -0.1) is 24.0 Å². The predicted octanol–water partition coefficient (Wildman–Crippen LogP) is 3.45. The van der Waals surface area contributed by atoms with Gasteiger partial charge in [0.1, 0.15) is 0 Å². The van der Waals surface area contributed by atoms with Gasteiger partial charge in [-0.1, -0.05) is 36.4 Å². The molecule has 0 unspecified atom stereocenters. The van der Waals surface area contributed by atoms with E-state index in [0.29, 0.717) is 0 Å². The lowest BCUT2D eigenvalue weighted by Crippen LogP contribution is -2.38. The minimum absolute atomic E-state index is 0. The minimum Gasteiger partial charge on any atom is -0.381 e. The van der Waals surface area contributed by atoms with E-state index < -0.39 is 0 Å². The maximum atomic E-state index is 5.70. The molecule has 2 rings (SSSR count). The summed E-state index contributed by atoms with van der Waals surface area (Å²) < 4.78 is 5.70. The molecule has 27 heavy (non-hydrogen) atoms. The number of hydrogen-bond donors (Lipinski definition) is 2. The molecule has 0 aliphatic carbocycles. The van der Waals surface area contributed by atoms with Crippen LogP contribution in [0, 0.1) is 0 Å². The molecule has 0 saturated heterocycles. The Hall–Kier alpha value is -1.67. The van der Waals surface area contributed by atoms with E-state index >= 15 is 0 Å². The fourth-order valence-electron chi connectivity index (χ4n) is 2.49. The largest absolute Gasteiger partial charge is 0.381 e. The van der Waals surface area contributed by atoms with Crippen LogP contribution in [-0.4, -0.2) is 43.8 Å². The Bertz CT molecular complexity index is 623. The average molecular weight is 482 g/mol. The Morgan fingerprint density at radius 1 is 1.00 bits per heavy atom. The van der Waals surface area contributed by atoms with Gasteiger partial charge in [-0.3, -0.25) is 9.98 Å². The molecule has 0 saturated carbocycles. The van der Waals surface area contributed by atoms with Crippen LogP contribution in [0.5, 0.6) is 0 Å². The van der Waals surface area contributed by atoms with E-state index in [2.05, 4.69) is 51.8 Å². The molecular formula is C21H31IN4O. The van der Waals surface area contributed by atoms with Crippen molar-refractivity contribution in [2.45, 2.75) is 26.2 Å². The number of aromatic nitrogens is 1. The summed E-state index contributed by atoms with van der Waals surface area (Å²) in [7, 11) is 0. The summed E-state index contributed by atoms with van der Waals surface area (Å²) in [6.07, 6.45) is 4.59. The Kier molecular flexibility index (Phi) is 13.3. The van der Waals surface area contributed by atoms with E-state index in [0.717, 1.165) is 63.8 Å². The molecule has 0 atom stereocenters. The van der Waals surface area contributed by atoms with E-state index in [1.807, 2.05) is 30.5 Å². The lowest BCUT2D eigenvalue weighted by Gasteiger charge is -2.11. The maximum Gasteiger partial charge on any atom is 0.191 e. The summed E-state index contributed by atoms with van der Waals surface area (Å²) in [6, 6.07) is 16.4. The molecule has 5 nitrogen and oxygen atoms in total. The van der Waals surface area contributed by atoms with Crippen molar-refractivity contribution in [2.75, 3.05) is 32.8 Å². The zero-order valence-electron chi connectivity index (χ0n) is 16.1. The van der Waals surface area contributed by atoms with Crippen molar-refractivity contribution in [3.63, 3.8) is 0 Å². The number of pyridine rings is 1. The third kappa shape index (κ3) is 10.9. The molecule has 0 aliphatic rings. The normalized spacial score (nSPS) is 10.9. The van der Waals surface area contributed by atoms with Gasteiger partial charge >= 0.3 is 0 Å². The van der Waals surface area contributed by atoms with Gasteiger partial charge in [0.25, 0.3) is 0 Å². The molecule has 0 spiro atoms. The van der Waals surface area contributed by atoms with Crippen LogP contribution in [0.2, 0.25) is 0 Å². The summed E-state index contributed by atoms with van der Waals surface area (Å²) in [6.45, 7) is 5.99. The third-order valence-electron chi connectivity index (χ3n) is 3.84. The highest BCUT2D eigenvalue weighted by atomic mass is 127. The van der Waals surface area contributed by atoms with Gasteiger partial charge in [-0.25, -0.2) is 0 Å². The third-order valence-corrected chi connectivity index (χ3v) is 3.84. The Morgan fingerprint density at radius 2 is 1.81 bits per heavy atom. The number of nitrogens with zero attached hydrogens (tertiary/aromatic N) is 2. The van der Waals surface area contributed by atoms with Crippen LogP contribution in [-0.2, 0) is 17.6 Å². The molecule has 2 aromatic rings. The van der Waals surface area contributed by atoms with Gasteiger partial charge in [0.15, 0.2) is 5.96 Å². The summed E-state index contributed by atoms with van der Waals surface area (Å²) in [5.41, 5.74) is 2.40. The van der Waals surface area contributed by atoms with Gasteiger partial charge in [-0.2, -0.15) is 0 Å². The number of hydrogen-bond acceptors (Lipinski definition) is 3. The van der Waals surface area contributed by atoms with Crippen LogP contribution in [0.4, 0.5) is 0 Å². The fourth-order valence-corrected chi connectivity index (χ4v) is 2.49. The molecule has 1 heterocycles. The number of aliphatic imine (C=N–C) groups is 1. The molecule has 2 N–H and O–H groups in total. The molecule has 0 bridgehead atoms. The highest BCUT2D eigenvalue weighted by molar-refractivity contribution is 14.0. The Balaban J connectivity index is 0.00000364. The zero-order chi connectivity index (χ0) is 18.3. The van der Waals surface area contributed by atoms with E-state index in [4.69, 9.17) is 4.74 Å². The van der Waals surface area contributed by atoms with E-state index in [1.165, 1.54) is 5.56 Å². The number of benzene rings is 1. The van der Waals surface area contributed by atoms with Crippen LogP contribution < -0.4 is 10.6 Å². The Morgan fingerprint density at radius 3 is 2.56 bits per heavy atom. The highest BCUT2D eigenvalue weighted by Gasteiger charge is 1.98. The molecule has 0 amide bonds. The molecule has 1 aromatic carbocycles. The molecule has 6 heteroatoms. The van der Waals surface area contributed by atoms with Crippen LogP contribution >= 0.6 is 24.0 Å². The van der Waals surface area contributed by atoms with E-state index in [9.17, 15) is 0 Å². The first-order chi connectivity index (χ1) is 12.9. The van der Waals surface area contributed by atoms with Gasteiger partial charge < -0.3 is 15.4 Å². The van der Waals surface area contributed by atoms with Crippen molar-refractivity contribution in [3.8, 4) is 0 Å². The molecule has 0 aliphatic heterocycles. The standard InChI is InChI=1S/C21H30N4O.HI/c1-2-22-21(25-16-12-20-11-6-7-14-23-20)24-15-8-17-26-18-13-19-9-4-3-5-10-19;/h3-7,9-11,14H,2,8,12-13,15-18H2,1H3,(H2,22,24,25);1H. The second-order valence-electron chi connectivity index (χ2n) is 5.96. The van der Waals surface area contributed by atoms with Gasteiger partial charge in [0.05, 0.1) is 6.61 Å².